The van der Waals surface area contributed by atoms with E-state index >= 15 is 0 Å². The standard InChI is InChI=1S/C29H49N/c1-3-5-6-7-8-18-29(21-30)19-17-25-23(20-29)13-14-28-26-12-9-11-22(10-4-2)24(26)15-16-27(25)28/h22-28H,3-20H2,1-2H3/t22-,23?,24?,25?,26?,27?,28?,29-/m0/s1. The van der Waals surface area contributed by atoms with E-state index in [1.54, 1.807) is 12.8 Å². The van der Waals surface area contributed by atoms with Crippen LogP contribution in [0.3, 0.4) is 0 Å². The maximum Gasteiger partial charge on any atom is 0.0689 e. The lowest BCUT2D eigenvalue weighted by molar-refractivity contribution is -0.0717. The van der Waals surface area contributed by atoms with Crippen molar-refractivity contribution in [1.82, 2.24) is 0 Å². The molecule has 4 aliphatic rings. The van der Waals surface area contributed by atoms with Gasteiger partial charge in [0.1, 0.15) is 0 Å². The van der Waals surface area contributed by atoms with Crippen molar-refractivity contribution in [1.29, 1.82) is 5.26 Å². The van der Waals surface area contributed by atoms with E-state index in [0.717, 1.165) is 41.4 Å². The van der Waals surface area contributed by atoms with Crippen molar-refractivity contribution in [2.45, 2.75) is 129 Å². The molecule has 30 heavy (non-hydrogen) atoms. The Morgan fingerprint density at radius 1 is 0.733 bits per heavy atom. The van der Waals surface area contributed by atoms with E-state index in [2.05, 4.69) is 19.9 Å². The number of rotatable bonds is 8. The van der Waals surface area contributed by atoms with Crippen molar-refractivity contribution in [3.05, 3.63) is 0 Å². The minimum absolute atomic E-state index is 0.0362. The molecule has 0 spiro atoms. The fraction of sp³-hybridized carbons (Fsp3) is 0.966. The van der Waals surface area contributed by atoms with E-state index in [4.69, 9.17) is 0 Å². The molecule has 0 heterocycles. The average molecular weight is 412 g/mol. The van der Waals surface area contributed by atoms with Gasteiger partial charge in [-0.3, -0.25) is 0 Å². The molecule has 4 fully saturated rings. The summed E-state index contributed by atoms with van der Waals surface area (Å²) in [6.07, 6.45) is 25.2. The van der Waals surface area contributed by atoms with Crippen LogP contribution in [0.1, 0.15) is 129 Å². The van der Waals surface area contributed by atoms with Gasteiger partial charge >= 0.3 is 0 Å². The van der Waals surface area contributed by atoms with Crippen LogP contribution in [0, 0.1) is 58.2 Å². The lowest BCUT2D eigenvalue weighted by Crippen LogP contribution is -2.49. The lowest BCUT2D eigenvalue weighted by atomic mass is 9.48. The van der Waals surface area contributed by atoms with E-state index in [0.29, 0.717) is 0 Å². The van der Waals surface area contributed by atoms with E-state index in [1.807, 2.05) is 0 Å². The van der Waals surface area contributed by atoms with Gasteiger partial charge in [-0.2, -0.15) is 5.26 Å². The van der Waals surface area contributed by atoms with Crippen LogP contribution in [0.15, 0.2) is 0 Å². The van der Waals surface area contributed by atoms with Crippen LogP contribution >= 0.6 is 0 Å². The molecule has 1 heteroatoms. The quantitative estimate of drug-likeness (QED) is 0.366. The van der Waals surface area contributed by atoms with Crippen LogP contribution in [-0.2, 0) is 0 Å². The van der Waals surface area contributed by atoms with Crippen LogP contribution in [0.25, 0.3) is 0 Å². The summed E-state index contributed by atoms with van der Waals surface area (Å²) in [7, 11) is 0. The molecular weight excluding hydrogens is 362 g/mol. The molecule has 0 saturated heterocycles. The van der Waals surface area contributed by atoms with Gasteiger partial charge in [0.25, 0.3) is 0 Å². The van der Waals surface area contributed by atoms with Gasteiger partial charge in [0, 0.05) is 0 Å². The summed E-state index contributed by atoms with van der Waals surface area (Å²) in [6.45, 7) is 4.69. The van der Waals surface area contributed by atoms with Crippen molar-refractivity contribution < 1.29 is 0 Å². The fourth-order valence-electron chi connectivity index (χ4n) is 9.15. The highest BCUT2D eigenvalue weighted by Gasteiger charge is 2.52. The monoisotopic (exact) mass is 411 g/mol. The van der Waals surface area contributed by atoms with Crippen molar-refractivity contribution in [2.24, 2.45) is 46.8 Å². The van der Waals surface area contributed by atoms with Crippen molar-refractivity contribution >= 4 is 0 Å². The van der Waals surface area contributed by atoms with Crippen LogP contribution in [0.4, 0.5) is 0 Å². The fourth-order valence-corrected chi connectivity index (χ4v) is 9.15. The Morgan fingerprint density at radius 2 is 1.47 bits per heavy atom. The topological polar surface area (TPSA) is 23.8 Å². The first-order valence-electron chi connectivity index (χ1n) is 14.1. The van der Waals surface area contributed by atoms with Crippen molar-refractivity contribution in [3.8, 4) is 6.07 Å². The molecule has 0 aromatic heterocycles. The number of nitrogens with zero attached hydrogens (tertiary/aromatic N) is 1. The van der Waals surface area contributed by atoms with Gasteiger partial charge in [-0.05, 0) is 99.2 Å². The number of fused-ring (bicyclic) bond motifs is 5. The smallest absolute Gasteiger partial charge is 0.0689 e. The second kappa shape index (κ2) is 10.4. The second-order valence-corrected chi connectivity index (χ2v) is 12.0. The molecule has 0 aromatic carbocycles. The Morgan fingerprint density at radius 3 is 2.27 bits per heavy atom. The van der Waals surface area contributed by atoms with Crippen molar-refractivity contribution in [3.63, 3.8) is 0 Å². The van der Waals surface area contributed by atoms with E-state index in [1.165, 1.54) is 103 Å². The molecule has 0 aliphatic heterocycles. The summed E-state index contributed by atoms with van der Waals surface area (Å²) in [4.78, 5) is 0. The van der Waals surface area contributed by atoms with Crippen LogP contribution in [0.2, 0.25) is 0 Å². The molecule has 0 radical (unpaired) electrons. The summed E-state index contributed by atoms with van der Waals surface area (Å²) in [5, 5.41) is 10.2. The summed E-state index contributed by atoms with van der Waals surface area (Å²) < 4.78 is 0. The third-order valence-electron chi connectivity index (χ3n) is 10.5. The molecule has 8 atom stereocenters. The van der Waals surface area contributed by atoms with Gasteiger partial charge in [-0.15, -0.1) is 0 Å². The number of hydrogen-bond acceptors (Lipinski definition) is 1. The lowest BCUT2D eigenvalue weighted by Gasteiger charge is -2.57. The van der Waals surface area contributed by atoms with Crippen molar-refractivity contribution in [2.75, 3.05) is 0 Å². The maximum atomic E-state index is 10.2. The largest absolute Gasteiger partial charge is 0.198 e. The van der Waals surface area contributed by atoms with E-state index in [-0.39, 0.29) is 5.41 Å². The van der Waals surface area contributed by atoms with E-state index in [9.17, 15) is 5.26 Å². The SMILES string of the molecule is CCCCCCC[C@]1(C#N)CCC2C(CCC3C2CCC2C3CCC[C@@H]2CCC)C1. The van der Waals surface area contributed by atoms with Gasteiger partial charge in [0.05, 0.1) is 11.5 Å². The average Bonchev–Trinajstić information content (AvgIpc) is 2.78. The van der Waals surface area contributed by atoms with Crippen LogP contribution < -0.4 is 0 Å². The van der Waals surface area contributed by atoms with Gasteiger partial charge in [0.2, 0.25) is 0 Å². The first kappa shape index (κ1) is 22.7. The second-order valence-electron chi connectivity index (χ2n) is 12.0. The van der Waals surface area contributed by atoms with Crippen LogP contribution in [-0.4, -0.2) is 0 Å². The first-order chi connectivity index (χ1) is 14.7. The molecular formula is C29H49N. The molecule has 1 nitrogen and oxygen atoms in total. The molecule has 0 bridgehead atoms. The zero-order valence-corrected chi connectivity index (χ0v) is 20.2. The Labute approximate surface area is 187 Å². The molecule has 4 rings (SSSR count). The summed E-state index contributed by atoms with van der Waals surface area (Å²) in [5.74, 6) is 7.11. The zero-order valence-electron chi connectivity index (χ0n) is 20.2. The molecule has 0 N–H and O–H groups in total. The Kier molecular flexibility index (Phi) is 7.86. The highest BCUT2D eigenvalue weighted by atomic mass is 14.6. The summed E-state index contributed by atoms with van der Waals surface area (Å²) >= 11 is 0. The molecule has 6 unspecified atom stereocenters. The van der Waals surface area contributed by atoms with Gasteiger partial charge in [-0.1, -0.05) is 71.6 Å². The van der Waals surface area contributed by atoms with Gasteiger partial charge < -0.3 is 0 Å². The van der Waals surface area contributed by atoms with E-state index < -0.39 is 0 Å². The minimum atomic E-state index is 0.0362. The van der Waals surface area contributed by atoms with Gasteiger partial charge in [-0.25, -0.2) is 0 Å². The number of unbranched alkanes of at least 4 members (excludes halogenated alkanes) is 4. The summed E-state index contributed by atoms with van der Waals surface area (Å²) in [6, 6.07) is 2.88. The molecule has 4 aliphatic carbocycles. The predicted molar refractivity (Wildman–Crippen MR) is 127 cm³/mol. The van der Waals surface area contributed by atoms with Gasteiger partial charge in [0.15, 0.2) is 0 Å². The Hall–Kier alpha value is -0.510. The molecule has 0 amide bonds. The third-order valence-corrected chi connectivity index (χ3v) is 10.5. The Bertz CT molecular complexity index is 573. The first-order valence-corrected chi connectivity index (χ1v) is 14.1. The predicted octanol–water partition coefficient (Wildman–Crippen LogP) is 8.93. The molecule has 4 saturated carbocycles. The minimum Gasteiger partial charge on any atom is -0.198 e. The Balaban J connectivity index is 1.36. The number of hydrogen-bond donors (Lipinski definition) is 0. The highest BCUT2D eigenvalue weighted by Crippen LogP contribution is 2.60. The highest BCUT2D eigenvalue weighted by molar-refractivity contribution is 5.07. The summed E-state index contributed by atoms with van der Waals surface area (Å²) in [5.41, 5.74) is 0.0362. The third kappa shape index (κ3) is 4.64. The molecule has 0 aromatic rings. The molecule has 170 valence electrons. The normalized spacial score (nSPS) is 43.2. The number of nitriles is 1. The maximum absolute atomic E-state index is 10.2. The zero-order chi connectivity index (χ0) is 21.0. The van der Waals surface area contributed by atoms with Crippen LogP contribution in [0.5, 0.6) is 0 Å².